The number of aliphatic hydroxyl groups is 1. The minimum atomic E-state index is -1.02. The van der Waals surface area contributed by atoms with Crippen LogP contribution in [-0.4, -0.2) is 34.1 Å². The van der Waals surface area contributed by atoms with Gasteiger partial charge in [-0.1, -0.05) is 70.2 Å². The van der Waals surface area contributed by atoms with Crippen molar-refractivity contribution in [1.29, 1.82) is 0 Å². The van der Waals surface area contributed by atoms with E-state index in [4.69, 9.17) is 4.74 Å². The Bertz CT molecular complexity index is 900. The maximum atomic E-state index is 11.0. The van der Waals surface area contributed by atoms with Crippen molar-refractivity contribution in [2.75, 3.05) is 7.11 Å². The van der Waals surface area contributed by atoms with Crippen LogP contribution in [0.5, 0.6) is 11.5 Å². The van der Waals surface area contributed by atoms with Gasteiger partial charge < -0.3 is 20.1 Å². The Labute approximate surface area is 179 Å². The van der Waals surface area contributed by atoms with Gasteiger partial charge in [-0.25, -0.2) is 0 Å². The third-order valence-corrected chi connectivity index (χ3v) is 6.04. The van der Waals surface area contributed by atoms with Crippen molar-refractivity contribution >= 4 is 0 Å². The normalized spacial score (nSPS) is 21.2. The fourth-order valence-electron chi connectivity index (χ4n) is 4.34. The van der Waals surface area contributed by atoms with Crippen LogP contribution < -0.4 is 0 Å². The minimum absolute atomic E-state index is 0.141. The van der Waals surface area contributed by atoms with Crippen LogP contribution in [0.3, 0.4) is 0 Å². The van der Waals surface area contributed by atoms with E-state index in [9.17, 15) is 15.3 Å². The predicted molar refractivity (Wildman–Crippen MR) is 120 cm³/mol. The standard InChI is InChI=1S/C26H32O4/c1-16(2)20-14-18(9-11-22(20)27)25(26(30-5)13-7-6-8-24(26)29)19-10-12-23(28)21(15-19)17(3)4/h6-17,24-25,27-29H,1-5H3. The van der Waals surface area contributed by atoms with Crippen molar-refractivity contribution in [2.45, 2.75) is 57.2 Å². The smallest absolute Gasteiger partial charge is 0.126 e. The number of aliphatic hydroxyl groups excluding tert-OH is 1. The summed E-state index contributed by atoms with van der Waals surface area (Å²) in [6, 6.07) is 11.2. The Morgan fingerprint density at radius 2 is 1.33 bits per heavy atom. The Morgan fingerprint density at radius 1 is 0.833 bits per heavy atom. The van der Waals surface area contributed by atoms with Gasteiger partial charge in [0.15, 0.2) is 0 Å². The Balaban J connectivity index is 2.28. The molecule has 2 unspecified atom stereocenters. The number of rotatable bonds is 6. The molecule has 0 saturated carbocycles. The maximum Gasteiger partial charge on any atom is 0.126 e. The highest BCUT2D eigenvalue weighted by Gasteiger charge is 2.45. The fraction of sp³-hybridized carbons (Fsp3) is 0.385. The molecule has 160 valence electrons. The molecule has 3 N–H and O–H groups in total. The van der Waals surface area contributed by atoms with Gasteiger partial charge in [0.05, 0.1) is 0 Å². The second-order valence-corrected chi connectivity index (χ2v) is 8.63. The van der Waals surface area contributed by atoms with Gasteiger partial charge in [0, 0.05) is 13.0 Å². The SMILES string of the molecule is COC1(C(c2ccc(O)c(C(C)C)c2)c2ccc(O)c(C(C)C)c2)C=CC=CC1O. The van der Waals surface area contributed by atoms with Crippen molar-refractivity contribution < 1.29 is 20.1 Å². The van der Waals surface area contributed by atoms with Crippen LogP contribution in [0.15, 0.2) is 60.7 Å². The first-order valence-corrected chi connectivity index (χ1v) is 10.5. The van der Waals surface area contributed by atoms with E-state index in [1.54, 1.807) is 25.3 Å². The number of ether oxygens (including phenoxy) is 1. The summed E-state index contributed by atoms with van der Waals surface area (Å²) in [7, 11) is 1.60. The number of methoxy groups -OCH3 is 1. The Hall–Kier alpha value is -2.56. The van der Waals surface area contributed by atoms with Gasteiger partial charge in [-0.2, -0.15) is 0 Å². The number of aromatic hydroxyl groups is 2. The Morgan fingerprint density at radius 3 is 1.73 bits per heavy atom. The molecule has 0 aromatic heterocycles. The molecule has 1 aliphatic carbocycles. The zero-order chi connectivity index (χ0) is 22.1. The van der Waals surface area contributed by atoms with E-state index in [1.165, 1.54) is 0 Å². The molecule has 2 aromatic carbocycles. The summed E-state index contributed by atoms with van der Waals surface area (Å²) in [6.07, 6.45) is 6.46. The topological polar surface area (TPSA) is 69.9 Å². The van der Waals surface area contributed by atoms with Gasteiger partial charge in [-0.05, 0) is 52.3 Å². The number of phenolic OH excluding ortho intramolecular Hbond substituents is 2. The molecule has 0 saturated heterocycles. The summed E-state index contributed by atoms with van der Waals surface area (Å²) in [5.74, 6) is 0.443. The minimum Gasteiger partial charge on any atom is -0.508 e. The first-order chi connectivity index (χ1) is 14.2. The zero-order valence-corrected chi connectivity index (χ0v) is 18.3. The van der Waals surface area contributed by atoms with Crippen LogP contribution in [0.1, 0.15) is 67.7 Å². The van der Waals surface area contributed by atoms with Gasteiger partial charge in [0.2, 0.25) is 0 Å². The molecule has 4 heteroatoms. The van der Waals surface area contributed by atoms with Crippen molar-refractivity contribution in [3.63, 3.8) is 0 Å². The molecular formula is C26H32O4. The highest BCUT2D eigenvalue weighted by Crippen LogP contribution is 2.45. The molecule has 2 aromatic rings. The molecule has 4 nitrogen and oxygen atoms in total. The van der Waals surface area contributed by atoms with E-state index in [0.717, 1.165) is 22.3 Å². The summed E-state index contributed by atoms with van der Waals surface area (Å²) in [4.78, 5) is 0. The molecule has 3 rings (SSSR count). The molecule has 0 aliphatic heterocycles. The van der Waals surface area contributed by atoms with E-state index < -0.39 is 11.7 Å². The molecule has 1 aliphatic rings. The van der Waals surface area contributed by atoms with Crippen molar-refractivity contribution in [2.24, 2.45) is 0 Å². The molecule has 2 atom stereocenters. The molecule has 0 heterocycles. The summed E-state index contributed by atoms with van der Waals surface area (Å²) in [5.41, 5.74) is 2.52. The van der Waals surface area contributed by atoms with Crippen molar-refractivity contribution in [1.82, 2.24) is 0 Å². The van der Waals surface area contributed by atoms with Crippen LogP contribution in [0.4, 0.5) is 0 Å². The second-order valence-electron chi connectivity index (χ2n) is 8.63. The quantitative estimate of drug-likeness (QED) is 0.603. The number of benzene rings is 2. The fourth-order valence-corrected chi connectivity index (χ4v) is 4.34. The van der Waals surface area contributed by atoms with Crippen LogP contribution >= 0.6 is 0 Å². The van der Waals surface area contributed by atoms with Gasteiger partial charge in [-0.3, -0.25) is 0 Å². The lowest BCUT2D eigenvalue weighted by molar-refractivity contribution is -0.0597. The van der Waals surface area contributed by atoms with Gasteiger partial charge in [0.25, 0.3) is 0 Å². The first-order valence-electron chi connectivity index (χ1n) is 10.5. The van der Waals surface area contributed by atoms with Crippen molar-refractivity contribution in [3.8, 4) is 11.5 Å². The van der Waals surface area contributed by atoms with E-state index in [0.29, 0.717) is 0 Å². The third-order valence-electron chi connectivity index (χ3n) is 6.04. The van der Waals surface area contributed by atoms with Crippen LogP contribution in [0.2, 0.25) is 0 Å². The largest absolute Gasteiger partial charge is 0.508 e. The van der Waals surface area contributed by atoms with E-state index in [-0.39, 0.29) is 29.3 Å². The molecular weight excluding hydrogens is 376 g/mol. The molecule has 0 spiro atoms. The van der Waals surface area contributed by atoms with Crippen LogP contribution in [0, 0.1) is 0 Å². The summed E-state index contributed by atoms with van der Waals surface area (Å²) < 4.78 is 6.01. The maximum absolute atomic E-state index is 11.0. The van der Waals surface area contributed by atoms with Crippen LogP contribution in [-0.2, 0) is 4.74 Å². The lowest BCUT2D eigenvalue weighted by Crippen LogP contribution is -2.48. The predicted octanol–water partition coefficient (Wildman–Crippen LogP) is 5.35. The molecule has 0 fully saturated rings. The average Bonchev–Trinajstić information content (AvgIpc) is 2.71. The van der Waals surface area contributed by atoms with E-state index in [1.807, 2.05) is 70.2 Å². The zero-order valence-electron chi connectivity index (χ0n) is 18.3. The average molecular weight is 409 g/mol. The lowest BCUT2D eigenvalue weighted by atomic mass is 9.71. The summed E-state index contributed by atoms with van der Waals surface area (Å²) in [6.45, 7) is 8.15. The highest BCUT2D eigenvalue weighted by atomic mass is 16.5. The number of allylic oxidation sites excluding steroid dienone is 2. The summed E-state index contributed by atoms with van der Waals surface area (Å²) >= 11 is 0. The lowest BCUT2D eigenvalue weighted by Gasteiger charge is -2.42. The summed E-state index contributed by atoms with van der Waals surface area (Å²) in [5, 5.41) is 31.7. The second kappa shape index (κ2) is 8.66. The number of hydrogen-bond donors (Lipinski definition) is 3. The Kier molecular flexibility index (Phi) is 6.39. The van der Waals surface area contributed by atoms with Crippen molar-refractivity contribution in [3.05, 3.63) is 83.0 Å². The first kappa shape index (κ1) is 22.1. The van der Waals surface area contributed by atoms with E-state index in [2.05, 4.69) is 0 Å². The monoisotopic (exact) mass is 408 g/mol. The molecule has 0 bridgehead atoms. The third kappa shape index (κ3) is 3.90. The van der Waals surface area contributed by atoms with Gasteiger partial charge in [0.1, 0.15) is 23.2 Å². The molecule has 0 amide bonds. The van der Waals surface area contributed by atoms with Gasteiger partial charge in [-0.15, -0.1) is 0 Å². The number of phenols is 2. The highest BCUT2D eigenvalue weighted by molar-refractivity contribution is 5.49. The molecule has 0 radical (unpaired) electrons. The van der Waals surface area contributed by atoms with Gasteiger partial charge >= 0.3 is 0 Å². The van der Waals surface area contributed by atoms with E-state index >= 15 is 0 Å². The van der Waals surface area contributed by atoms with Crippen LogP contribution in [0.25, 0.3) is 0 Å². The molecule has 30 heavy (non-hydrogen) atoms. The number of hydrogen-bond acceptors (Lipinski definition) is 4.